The summed E-state index contributed by atoms with van der Waals surface area (Å²) in [5, 5.41) is 5.06. The van der Waals surface area contributed by atoms with Crippen molar-refractivity contribution < 1.29 is 9.59 Å². The predicted octanol–water partition coefficient (Wildman–Crippen LogP) is 3.48. The summed E-state index contributed by atoms with van der Waals surface area (Å²) in [4.78, 5) is 23.0. The van der Waals surface area contributed by atoms with Crippen LogP contribution >= 0.6 is 0 Å². The van der Waals surface area contributed by atoms with Crippen LogP contribution in [-0.4, -0.2) is 16.8 Å². The van der Waals surface area contributed by atoms with Crippen LogP contribution in [-0.2, 0) is 11.3 Å². The van der Waals surface area contributed by atoms with Crippen molar-refractivity contribution in [3.05, 3.63) is 66.5 Å². The number of aldehydes is 1. The van der Waals surface area contributed by atoms with Crippen molar-refractivity contribution in [3.63, 3.8) is 0 Å². The van der Waals surface area contributed by atoms with Gasteiger partial charge in [0.05, 0.1) is 5.69 Å². The highest BCUT2D eigenvalue weighted by atomic mass is 16.1. The molecule has 0 fully saturated rings. The van der Waals surface area contributed by atoms with E-state index in [2.05, 4.69) is 5.32 Å². The van der Waals surface area contributed by atoms with Crippen LogP contribution in [0.2, 0.25) is 0 Å². The summed E-state index contributed by atoms with van der Waals surface area (Å²) >= 11 is 0. The fourth-order valence-corrected chi connectivity index (χ4v) is 2.51. The normalized spacial score (nSPS) is 10.5. The van der Waals surface area contributed by atoms with Crippen molar-refractivity contribution in [2.24, 2.45) is 0 Å². The lowest BCUT2D eigenvalue weighted by Gasteiger charge is -2.09. The minimum absolute atomic E-state index is 0.0677. The molecule has 0 unspecified atom stereocenters. The number of aromatic nitrogens is 1. The van der Waals surface area contributed by atoms with Gasteiger partial charge in [0.15, 0.2) is 6.29 Å². The quantitative estimate of drug-likeness (QED) is 0.732. The smallest absolute Gasteiger partial charge is 0.226 e. The molecule has 4 heteroatoms. The molecule has 1 aromatic heterocycles. The molecule has 0 radical (unpaired) electrons. The highest BCUT2D eigenvalue weighted by Gasteiger charge is 2.07. The molecule has 4 nitrogen and oxygen atoms in total. The zero-order valence-corrected chi connectivity index (χ0v) is 12.0. The van der Waals surface area contributed by atoms with E-state index in [1.807, 2.05) is 42.5 Å². The van der Waals surface area contributed by atoms with Crippen molar-refractivity contribution in [1.82, 2.24) is 4.57 Å². The molecule has 3 rings (SSSR count). The van der Waals surface area contributed by atoms with Crippen LogP contribution < -0.4 is 5.32 Å². The van der Waals surface area contributed by atoms with Gasteiger partial charge in [-0.1, -0.05) is 36.4 Å². The Morgan fingerprint density at radius 1 is 1.05 bits per heavy atom. The minimum atomic E-state index is -0.0677. The first-order valence-electron chi connectivity index (χ1n) is 7.16. The van der Waals surface area contributed by atoms with Crippen molar-refractivity contribution in [3.8, 4) is 0 Å². The summed E-state index contributed by atoms with van der Waals surface area (Å²) in [6.07, 6.45) is 2.91. The van der Waals surface area contributed by atoms with Crippen molar-refractivity contribution in [2.45, 2.75) is 13.0 Å². The molecule has 1 N–H and O–H groups in total. The van der Waals surface area contributed by atoms with E-state index in [0.29, 0.717) is 18.7 Å². The largest absolute Gasteiger partial charge is 0.345 e. The van der Waals surface area contributed by atoms with Gasteiger partial charge in [-0.2, -0.15) is 0 Å². The van der Waals surface area contributed by atoms with Gasteiger partial charge < -0.3 is 9.88 Å². The second kappa shape index (κ2) is 6.26. The number of aryl methyl sites for hydroxylation is 1. The molecule has 3 aromatic rings. The highest BCUT2D eigenvalue weighted by Crippen LogP contribution is 2.23. The third-order valence-electron chi connectivity index (χ3n) is 3.63. The van der Waals surface area contributed by atoms with E-state index >= 15 is 0 Å². The minimum Gasteiger partial charge on any atom is -0.345 e. The van der Waals surface area contributed by atoms with Gasteiger partial charge in [-0.15, -0.1) is 0 Å². The standard InChI is InChI=1S/C18H16N2O2/c21-13-15-7-4-11-20(15)12-10-18(22)19-17-9-3-6-14-5-1-2-8-16(14)17/h1-9,11,13H,10,12H2,(H,19,22). The van der Waals surface area contributed by atoms with Gasteiger partial charge in [-0.3, -0.25) is 9.59 Å². The Morgan fingerprint density at radius 3 is 2.73 bits per heavy atom. The van der Waals surface area contributed by atoms with Crippen LogP contribution in [0.5, 0.6) is 0 Å². The fourth-order valence-electron chi connectivity index (χ4n) is 2.51. The second-order valence-electron chi connectivity index (χ2n) is 5.07. The number of nitrogens with one attached hydrogen (secondary N) is 1. The number of carbonyl (C=O) groups is 2. The fraction of sp³-hybridized carbons (Fsp3) is 0.111. The number of nitrogens with zero attached hydrogens (tertiary/aromatic N) is 1. The zero-order chi connectivity index (χ0) is 15.4. The Kier molecular flexibility index (Phi) is 4.01. The Morgan fingerprint density at radius 2 is 1.86 bits per heavy atom. The van der Waals surface area contributed by atoms with Gasteiger partial charge in [-0.05, 0) is 23.6 Å². The third kappa shape index (κ3) is 2.91. The Bertz CT molecular complexity index is 815. The van der Waals surface area contributed by atoms with Gasteiger partial charge in [0.1, 0.15) is 0 Å². The van der Waals surface area contributed by atoms with E-state index in [0.717, 1.165) is 22.7 Å². The van der Waals surface area contributed by atoms with Crippen molar-refractivity contribution >= 4 is 28.7 Å². The van der Waals surface area contributed by atoms with Gasteiger partial charge in [-0.25, -0.2) is 0 Å². The van der Waals surface area contributed by atoms with Gasteiger partial charge >= 0.3 is 0 Å². The van der Waals surface area contributed by atoms with E-state index in [9.17, 15) is 9.59 Å². The number of hydrogen-bond acceptors (Lipinski definition) is 2. The first kappa shape index (κ1) is 14.1. The van der Waals surface area contributed by atoms with Gasteiger partial charge in [0, 0.05) is 30.2 Å². The van der Waals surface area contributed by atoms with E-state index in [4.69, 9.17) is 0 Å². The van der Waals surface area contributed by atoms with Crippen LogP contribution in [0.4, 0.5) is 5.69 Å². The van der Waals surface area contributed by atoms with Crippen LogP contribution in [0.3, 0.4) is 0 Å². The molecule has 0 aliphatic carbocycles. The number of anilines is 1. The van der Waals surface area contributed by atoms with Gasteiger partial charge in [0.2, 0.25) is 5.91 Å². The molecule has 22 heavy (non-hydrogen) atoms. The molecule has 0 saturated heterocycles. The Labute approximate surface area is 128 Å². The Balaban J connectivity index is 1.70. The number of hydrogen-bond donors (Lipinski definition) is 1. The predicted molar refractivity (Wildman–Crippen MR) is 87.0 cm³/mol. The summed E-state index contributed by atoms with van der Waals surface area (Å²) in [7, 11) is 0. The molecule has 110 valence electrons. The summed E-state index contributed by atoms with van der Waals surface area (Å²) < 4.78 is 1.77. The lowest BCUT2D eigenvalue weighted by molar-refractivity contribution is -0.116. The number of fused-ring (bicyclic) bond motifs is 1. The van der Waals surface area contributed by atoms with Crippen molar-refractivity contribution in [1.29, 1.82) is 0 Å². The second-order valence-corrected chi connectivity index (χ2v) is 5.07. The SMILES string of the molecule is O=Cc1cccn1CCC(=O)Nc1cccc2ccccc12. The molecule has 0 spiro atoms. The topological polar surface area (TPSA) is 51.1 Å². The first-order valence-corrected chi connectivity index (χ1v) is 7.16. The lowest BCUT2D eigenvalue weighted by atomic mass is 10.1. The lowest BCUT2D eigenvalue weighted by Crippen LogP contribution is -2.15. The van der Waals surface area contributed by atoms with Crippen LogP contribution in [0.15, 0.2) is 60.8 Å². The van der Waals surface area contributed by atoms with Crippen molar-refractivity contribution in [2.75, 3.05) is 5.32 Å². The average Bonchev–Trinajstić information content (AvgIpc) is 3.01. The third-order valence-corrected chi connectivity index (χ3v) is 3.63. The molecular formula is C18H16N2O2. The molecule has 2 aromatic carbocycles. The van der Waals surface area contributed by atoms with E-state index < -0.39 is 0 Å². The molecule has 0 saturated carbocycles. The highest BCUT2D eigenvalue weighted by molar-refractivity contribution is 6.02. The van der Waals surface area contributed by atoms with Crippen LogP contribution in [0, 0.1) is 0 Å². The summed E-state index contributed by atoms with van der Waals surface area (Å²) in [6, 6.07) is 17.3. The van der Waals surface area contributed by atoms with E-state index in [-0.39, 0.29) is 5.91 Å². The molecule has 0 atom stereocenters. The number of benzene rings is 2. The summed E-state index contributed by atoms with van der Waals surface area (Å²) in [5.41, 5.74) is 1.39. The van der Waals surface area contributed by atoms with Crippen LogP contribution in [0.25, 0.3) is 10.8 Å². The maximum Gasteiger partial charge on any atom is 0.226 e. The molecule has 1 amide bonds. The van der Waals surface area contributed by atoms with Gasteiger partial charge in [0.25, 0.3) is 0 Å². The maximum absolute atomic E-state index is 12.1. The molecule has 1 heterocycles. The number of carbonyl (C=O) groups excluding carboxylic acids is 2. The van der Waals surface area contributed by atoms with Crippen LogP contribution in [0.1, 0.15) is 16.9 Å². The monoisotopic (exact) mass is 292 g/mol. The summed E-state index contributed by atoms with van der Waals surface area (Å²) in [5.74, 6) is -0.0677. The molecule has 0 aliphatic heterocycles. The summed E-state index contributed by atoms with van der Waals surface area (Å²) in [6.45, 7) is 0.484. The molecular weight excluding hydrogens is 276 g/mol. The maximum atomic E-state index is 12.1. The average molecular weight is 292 g/mol. The number of rotatable bonds is 5. The molecule has 0 bridgehead atoms. The molecule has 0 aliphatic rings. The Hall–Kier alpha value is -2.88. The first-order chi connectivity index (χ1) is 10.8. The van der Waals surface area contributed by atoms with E-state index in [1.165, 1.54) is 0 Å². The zero-order valence-electron chi connectivity index (χ0n) is 12.0. The van der Waals surface area contributed by atoms with E-state index in [1.54, 1.807) is 22.9 Å². The number of amides is 1.